The number of aliphatic hydroxyl groups is 1. The smallest absolute Gasteiger partial charge is 0.272 e. The van der Waals surface area contributed by atoms with E-state index in [0.29, 0.717) is 28.1 Å². The number of aliphatic hydroxyl groups excluding tert-OH is 1. The zero-order valence-electron chi connectivity index (χ0n) is 15.0. The Labute approximate surface area is 151 Å². The van der Waals surface area contributed by atoms with Crippen LogP contribution in [0, 0.1) is 11.1 Å². The summed E-state index contributed by atoms with van der Waals surface area (Å²) < 4.78 is 2.35. The van der Waals surface area contributed by atoms with Gasteiger partial charge in [-0.05, 0) is 39.0 Å². The second-order valence-electron chi connectivity index (χ2n) is 7.90. The van der Waals surface area contributed by atoms with Gasteiger partial charge in [-0.3, -0.25) is 4.79 Å². The van der Waals surface area contributed by atoms with Gasteiger partial charge in [0, 0.05) is 11.5 Å². The fraction of sp³-hybridized carbons (Fsp3) is 0.556. The first-order chi connectivity index (χ1) is 12.4. The molecule has 1 amide bonds. The number of rotatable bonds is 4. The molecule has 2 aromatic heterocycles. The lowest BCUT2D eigenvalue weighted by Crippen LogP contribution is -2.46. The lowest BCUT2D eigenvalue weighted by atomic mass is 9.99. The summed E-state index contributed by atoms with van der Waals surface area (Å²) in [6.07, 6.45) is 8.34. The second kappa shape index (κ2) is 6.05. The van der Waals surface area contributed by atoms with Crippen LogP contribution in [0.15, 0.2) is 18.6 Å². The summed E-state index contributed by atoms with van der Waals surface area (Å²) in [5.41, 5.74) is 1.61. The monoisotopic (exact) mass is 357 g/mol. The fourth-order valence-corrected chi connectivity index (χ4v) is 4.19. The van der Waals surface area contributed by atoms with Gasteiger partial charge < -0.3 is 15.6 Å². The number of hydrogen-bond donors (Lipinski definition) is 2. The lowest BCUT2D eigenvalue weighted by molar-refractivity contribution is -0.605. The molecule has 2 aliphatic carbocycles. The van der Waals surface area contributed by atoms with Gasteiger partial charge >= 0.3 is 0 Å². The van der Waals surface area contributed by atoms with Crippen molar-refractivity contribution < 1.29 is 14.6 Å². The van der Waals surface area contributed by atoms with E-state index in [4.69, 9.17) is 0 Å². The van der Waals surface area contributed by atoms with Gasteiger partial charge in [0.15, 0.2) is 11.9 Å². The first-order valence-corrected chi connectivity index (χ1v) is 9.00. The quantitative estimate of drug-likeness (QED) is 0.623. The number of carbonyl (C=O) groups is 1. The summed E-state index contributed by atoms with van der Waals surface area (Å²) >= 11 is 0. The molecule has 2 N–H and O–H groups in total. The highest BCUT2D eigenvalue weighted by Crippen LogP contribution is 2.49. The summed E-state index contributed by atoms with van der Waals surface area (Å²) in [6, 6.07) is 0. The molecule has 0 unspecified atom stereocenters. The number of aromatic nitrogens is 4. The van der Waals surface area contributed by atoms with Crippen LogP contribution in [-0.4, -0.2) is 37.9 Å². The van der Waals surface area contributed by atoms with Crippen molar-refractivity contribution in [3.05, 3.63) is 40.7 Å². The van der Waals surface area contributed by atoms with Gasteiger partial charge in [0.1, 0.15) is 0 Å². The molecule has 0 spiro atoms. The molecule has 0 aromatic carbocycles. The topological polar surface area (TPSA) is 107 Å². The van der Waals surface area contributed by atoms with Crippen molar-refractivity contribution in [2.75, 3.05) is 6.61 Å². The normalized spacial score (nSPS) is 21.5. The number of nitrogens with zero attached hydrogens (tertiary/aromatic N) is 4. The Kier molecular flexibility index (Phi) is 3.95. The van der Waals surface area contributed by atoms with Crippen molar-refractivity contribution in [2.45, 2.75) is 51.0 Å². The average molecular weight is 357 g/mol. The van der Waals surface area contributed by atoms with Crippen molar-refractivity contribution in [3.63, 3.8) is 0 Å². The van der Waals surface area contributed by atoms with Crippen molar-refractivity contribution >= 4 is 5.91 Å². The largest absolute Gasteiger partial charge is 0.619 e. The van der Waals surface area contributed by atoms with Crippen LogP contribution in [0.25, 0.3) is 5.82 Å². The maximum Gasteiger partial charge on any atom is 0.272 e. The number of fused-ring (bicyclic) bond motifs is 3. The van der Waals surface area contributed by atoms with Crippen LogP contribution in [0.1, 0.15) is 60.8 Å². The van der Waals surface area contributed by atoms with Crippen LogP contribution in [0.5, 0.6) is 0 Å². The standard InChI is InChI=1S/C18H23N5O3/c1-18(2,10-24)20-17(25)15-13-8-11-4-3-5-12(11)16(13)23(21-15)14-9-22(26)7-6-19-14/h6-7,9,11-12,24H,3-5,8,10H2,1-2H3,(H,20,25)/t11-,12-/m1/s1. The third-order valence-corrected chi connectivity index (χ3v) is 5.44. The van der Waals surface area contributed by atoms with Crippen molar-refractivity contribution in [1.82, 2.24) is 20.1 Å². The predicted molar refractivity (Wildman–Crippen MR) is 92.7 cm³/mol. The van der Waals surface area contributed by atoms with E-state index in [1.807, 2.05) is 0 Å². The molecule has 2 heterocycles. The Morgan fingerprint density at radius 2 is 2.31 bits per heavy atom. The van der Waals surface area contributed by atoms with Crippen LogP contribution in [0.4, 0.5) is 0 Å². The molecule has 2 aliphatic rings. The van der Waals surface area contributed by atoms with Crippen LogP contribution in [-0.2, 0) is 6.42 Å². The minimum Gasteiger partial charge on any atom is -0.619 e. The molecule has 138 valence electrons. The number of hydrogen-bond acceptors (Lipinski definition) is 5. The van der Waals surface area contributed by atoms with Crippen LogP contribution in [0.2, 0.25) is 0 Å². The summed E-state index contributed by atoms with van der Waals surface area (Å²) in [6.45, 7) is 3.36. The summed E-state index contributed by atoms with van der Waals surface area (Å²) in [4.78, 5) is 17.1. The minimum absolute atomic E-state index is 0.163. The van der Waals surface area contributed by atoms with Gasteiger partial charge in [-0.1, -0.05) is 6.42 Å². The molecule has 8 heteroatoms. The highest BCUT2D eigenvalue weighted by atomic mass is 16.5. The van der Waals surface area contributed by atoms with Crippen LogP contribution >= 0.6 is 0 Å². The Morgan fingerprint density at radius 3 is 3.04 bits per heavy atom. The van der Waals surface area contributed by atoms with Gasteiger partial charge in [-0.2, -0.15) is 9.83 Å². The van der Waals surface area contributed by atoms with E-state index in [0.717, 1.165) is 30.5 Å². The Morgan fingerprint density at radius 1 is 1.50 bits per heavy atom. The molecular weight excluding hydrogens is 334 g/mol. The SMILES string of the molecule is CC(C)(CO)NC(=O)c1nn(-c2c[n+]([O-])ccn2)c2c1C[C@H]1CCC[C@@H]21. The molecular formula is C18H23N5O3. The van der Waals surface area contributed by atoms with Gasteiger partial charge in [0.05, 0.1) is 24.0 Å². The third kappa shape index (κ3) is 2.74. The molecule has 1 fully saturated rings. The van der Waals surface area contributed by atoms with Crippen LogP contribution < -0.4 is 10.0 Å². The Bertz CT molecular complexity index is 861. The van der Waals surface area contributed by atoms with E-state index in [9.17, 15) is 15.1 Å². The molecule has 2 aromatic rings. The third-order valence-electron chi connectivity index (χ3n) is 5.44. The summed E-state index contributed by atoms with van der Waals surface area (Å²) in [5.74, 6) is 0.999. The molecule has 0 radical (unpaired) electrons. The van der Waals surface area contributed by atoms with E-state index in [1.54, 1.807) is 18.5 Å². The number of nitrogens with one attached hydrogen (secondary N) is 1. The summed E-state index contributed by atoms with van der Waals surface area (Å²) in [7, 11) is 0. The van der Waals surface area contributed by atoms with E-state index in [1.165, 1.54) is 25.0 Å². The number of carbonyl (C=O) groups excluding carboxylic acids is 1. The van der Waals surface area contributed by atoms with Crippen LogP contribution in [0.3, 0.4) is 0 Å². The van der Waals surface area contributed by atoms with E-state index < -0.39 is 5.54 Å². The van der Waals surface area contributed by atoms with E-state index >= 15 is 0 Å². The fourth-order valence-electron chi connectivity index (χ4n) is 4.19. The highest BCUT2D eigenvalue weighted by Gasteiger charge is 2.43. The highest BCUT2D eigenvalue weighted by molar-refractivity contribution is 5.95. The van der Waals surface area contributed by atoms with Crippen molar-refractivity contribution in [3.8, 4) is 5.82 Å². The molecule has 26 heavy (non-hydrogen) atoms. The Balaban J connectivity index is 1.80. The molecule has 0 aliphatic heterocycles. The van der Waals surface area contributed by atoms with Gasteiger partial charge in [-0.15, -0.1) is 0 Å². The van der Waals surface area contributed by atoms with Gasteiger partial charge in [-0.25, -0.2) is 9.67 Å². The first-order valence-electron chi connectivity index (χ1n) is 9.00. The van der Waals surface area contributed by atoms with Gasteiger partial charge in [0.25, 0.3) is 5.91 Å². The molecule has 0 bridgehead atoms. The number of amides is 1. The zero-order valence-corrected chi connectivity index (χ0v) is 15.0. The zero-order chi connectivity index (χ0) is 18.5. The molecule has 8 nitrogen and oxygen atoms in total. The van der Waals surface area contributed by atoms with Crippen molar-refractivity contribution in [2.24, 2.45) is 5.92 Å². The molecule has 1 saturated carbocycles. The first kappa shape index (κ1) is 17.0. The predicted octanol–water partition coefficient (Wildman–Crippen LogP) is 0.841. The van der Waals surface area contributed by atoms with E-state index in [2.05, 4.69) is 15.4 Å². The second-order valence-corrected chi connectivity index (χ2v) is 7.90. The lowest BCUT2D eigenvalue weighted by Gasteiger charge is -2.23. The average Bonchev–Trinajstić information content (AvgIpc) is 3.25. The molecule has 2 atom stereocenters. The maximum absolute atomic E-state index is 12.8. The van der Waals surface area contributed by atoms with E-state index in [-0.39, 0.29) is 12.5 Å². The summed E-state index contributed by atoms with van der Waals surface area (Å²) in [5, 5.41) is 28.5. The molecule has 4 rings (SSSR count). The molecule has 0 saturated heterocycles. The minimum atomic E-state index is -0.731. The maximum atomic E-state index is 12.8. The van der Waals surface area contributed by atoms with Crippen molar-refractivity contribution in [1.29, 1.82) is 0 Å². The Hall–Kier alpha value is -2.48. The van der Waals surface area contributed by atoms with Gasteiger partial charge in [0.2, 0.25) is 12.0 Å².